The van der Waals surface area contributed by atoms with Crippen LogP contribution in [0.1, 0.15) is 31.0 Å². The van der Waals surface area contributed by atoms with Crippen molar-refractivity contribution in [3.63, 3.8) is 0 Å². The van der Waals surface area contributed by atoms with E-state index in [2.05, 4.69) is 5.10 Å². The van der Waals surface area contributed by atoms with Crippen molar-refractivity contribution in [2.45, 2.75) is 32.7 Å². The highest BCUT2D eigenvalue weighted by Crippen LogP contribution is 2.35. The van der Waals surface area contributed by atoms with E-state index in [0.717, 1.165) is 6.07 Å². The Kier molecular flexibility index (Phi) is 3.85. The lowest BCUT2D eigenvalue weighted by Gasteiger charge is -2.15. The molecule has 0 aliphatic carbocycles. The minimum Gasteiger partial charge on any atom is -0.392 e. The second-order valence-corrected chi connectivity index (χ2v) is 4.78. The molecule has 2 rings (SSSR count). The van der Waals surface area contributed by atoms with Gasteiger partial charge in [0.1, 0.15) is 0 Å². The Labute approximate surface area is 114 Å². The van der Waals surface area contributed by atoms with Gasteiger partial charge < -0.3 is 5.11 Å². The van der Waals surface area contributed by atoms with Crippen molar-refractivity contribution in [3.8, 4) is 11.3 Å². The first-order valence-electron chi connectivity index (χ1n) is 6.19. The molecule has 0 aliphatic heterocycles. The van der Waals surface area contributed by atoms with E-state index in [1.54, 1.807) is 23.0 Å². The molecule has 0 bridgehead atoms. The first kappa shape index (κ1) is 14.6. The van der Waals surface area contributed by atoms with E-state index in [1.165, 1.54) is 6.07 Å². The van der Waals surface area contributed by atoms with Crippen molar-refractivity contribution >= 4 is 0 Å². The normalized spacial score (nSPS) is 12.2. The monoisotopic (exact) mass is 284 g/mol. The third-order valence-electron chi connectivity index (χ3n) is 3.04. The van der Waals surface area contributed by atoms with E-state index >= 15 is 0 Å². The summed E-state index contributed by atoms with van der Waals surface area (Å²) in [5, 5.41) is 13.1. The van der Waals surface area contributed by atoms with Crippen LogP contribution < -0.4 is 0 Å². The minimum absolute atomic E-state index is 0.0480. The Balaban J connectivity index is 2.56. The molecule has 1 N–H and O–H groups in total. The van der Waals surface area contributed by atoms with Gasteiger partial charge in [-0.15, -0.1) is 0 Å². The van der Waals surface area contributed by atoms with Crippen LogP contribution in [0.2, 0.25) is 0 Å². The summed E-state index contributed by atoms with van der Waals surface area (Å²) in [7, 11) is 0. The molecule has 1 heterocycles. The van der Waals surface area contributed by atoms with Gasteiger partial charge in [-0.3, -0.25) is 4.68 Å². The molecule has 0 radical (unpaired) electrons. The zero-order valence-electron chi connectivity index (χ0n) is 11.1. The van der Waals surface area contributed by atoms with Crippen LogP contribution in [0, 0.1) is 0 Å². The van der Waals surface area contributed by atoms with Crippen molar-refractivity contribution in [2.75, 3.05) is 0 Å². The fourth-order valence-corrected chi connectivity index (χ4v) is 2.09. The van der Waals surface area contributed by atoms with Gasteiger partial charge in [-0.05, 0) is 31.5 Å². The summed E-state index contributed by atoms with van der Waals surface area (Å²) in [6.07, 6.45) is -2.93. The molecule has 0 saturated carbocycles. The fourth-order valence-electron chi connectivity index (χ4n) is 2.09. The summed E-state index contributed by atoms with van der Waals surface area (Å²) < 4.78 is 40.6. The molecule has 0 aliphatic rings. The van der Waals surface area contributed by atoms with Crippen molar-refractivity contribution in [1.29, 1.82) is 0 Å². The van der Waals surface area contributed by atoms with Gasteiger partial charge >= 0.3 is 6.18 Å². The number of nitrogens with zero attached hydrogens (tertiary/aromatic N) is 2. The van der Waals surface area contributed by atoms with Crippen LogP contribution in [-0.4, -0.2) is 14.9 Å². The first-order valence-corrected chi connectivity index (χ1v) is 6.19. The highest BCUT2D eigenvalue weighted by atomic mass is 19.4. The standard InChI is InChI=1S/C14H15F3N2O/c1-9(2)19-13(5-6-18-19)10-3-4-11(8-20)12(7-10)14(15,16)17/h3-7,9,20H,8H2,1-2H3. The number of alkyl halides is 3. The van der Waals surface area contributed by atoms with E-state index in [0.29, 0.717) is 11.3 Å². The van der Waals surface area contributed by atoms with Crippen molar-refractivity contribution < 1.29 is 18.3 Å². The molecular weight excluding hydrogens is 269 g/mol. The number of aliphatic hydroxyl groups excluding tert-OH is 1. The second-order valence-electron chi connectivity index (χ2n) is 4.78. The molecule has 0 saturated heterocycles. The van der Waals surface area contributed by atoms with Crippen LogP contribution in [-0.2, 0) is 12.8 Å². The van der Waals surface area contributed by atoms with Gasteiger partial charge in [-0.2, -0.15) is 18.3 Å². The summed E-state index contributed by atoms with van der Waals surface area (Å²) >= 11 is 0. The van der Waals surface area contributed by atoms with E-state index in [-0.39, 0.29) is 11.6 Å². The first-order chi connectivity index (χ1) is 9.34. The molecule has 1 aromatic heterocycles. The maximum atomic E-state index is 13.0. The summed E-state index contributed by atoms with van der Waals surface area (Å²) in [5.74, 6) is 0. The molecular formula is C14H15F3N2O. The Hall–Kier alpha value is -1.82. The predicted molar refractivity (Wildman–Crippen MR) is 69.0 cm³/mol. The number of hydrogen-bond acceptors (Lipinski definition) is 2. The number of aromatic nitrogens is 2. The van der Waals surface area contributed by atoms with Crippen molar-refractivity contribution in [2.24, 2.45) is 0 Å². The number of aliphatic hydroxyl groups is 1. The van der Waals surface area contributed by atoms with Crippen LogP contribution >= 0.6 is 0 Å². The summed E-state index contributed by atoms with van der Waals surface area (Å²) in [4.78, 5) is 0. The summed E-state index contributed by atoms with van der Waals surface area (Å²) in [6.45, 7) is 3.17. The van der Waals surface area contributed by atoms with Crippen LogP contribution in [0.4, 0.5) is 13.2 Å². The highest BCUT2D eigenvalue weighted by Gasteiger charge is 2.33. The number of rotatable bonds is 3. The molecule has 0 unspecified atom stereocenters. The number of halogens is 3. The lowest BCUT2D eigenvalue weighted by Crippen LogP contribution is -2.10. The maximum Gasteiger partial charge on any atom is 0.416 e. The molecule has 20 heavy (non-hydrogen) atoms. The van der Waals surface area contributed by atoms with E-state index in [1.807, 2.05) is 13.8 Å². The molecule has 108 valence electrons. The molecule has 0 fully saturated rings. The minimum atomic E-state index is -4.49. The Morgan fingerprint density at radius 3 is 2.50 bits per heavy atom. The van der Waals surface area contributed by atoms with Crippen LogP contribution in [0.3, 0.4) is 0 Å². The van der Waals surface area contributed by atoms with Crippen molar-refractivity contribution in [3.05, 3.63) is 41.6 Å². The Morgan fingerprint density at radius 1 is 1.25 bits per heavy atom. The van der Waals surface area contributed by atoms with E-state index < -0.39 is 18.3 Å². The van der Waals surface area contributed by atoms with Crippen LogP contribution in [0.5, 0.6) is 0 Å². The van der Waals surface area contributed by atoms with Crippen LogP contribution in [0.25, 0.3) is 11.3 Å². The van der Waals surface area contributed by atoms with Gasteiger partial charge in [0.05, 0.1) is 17.9 Å². The highest BCUT2D eigenvalue weighted by molar-refractivity contribution is 5.61. The Bertz CT molecular complexity index is 603. The lowest BCUT2D eigenvalue weighted by atomic mass is 10.0. The van der Waals surface area contributed by atoms with E-state index in [4.69, 9.17) is 5.11 Å². The van der Waals surface area contributed by atoms with Gasteiger partial charge in [-0.1, -0.05) is 12.1 Å². The number of benzene rings is 1. The molecule has 6 heteroatoms. The molecule has 3 nitrogen and oxygen atoms in total. The smallest absolute Gasteiger partial charge is 0.392 e. The topological polar surface area (TPSA) is 38.0 Å². The van der Waals surface area contributed by atoms with Gasteiger partial charge in [0.2, 0.25) is 0 Å². The van der Waals surface area contributed by atoms with Crippen molar-refractivity contribution in [1.82, 2.24) is 9.78 Å². The third-order valence-corrected chi connectivity index (χ3v) is 3.04. The quantitative estimate of drug-likeness (QED) is 0.934. The van der Waals surface area contributed by atoms with E-state index in [9.17, 15) is 13.2 Å². The van der Waals surface area contributed by atoms with Gasteiger partial charge in [0.25, 0.3) is 0 Å². The molecule has 0 atom stereocenters. The average molecular weight is 284 g/mol. The molecule has 0 spiro atoms. The maximum absolute atomic E-state index is 13.0. The third kappa shape index (κ3) is 2.70. The summed E-state index contributed by atoms with van der Waals surface area (Å²) in [5.41, 5.74) is 0.113. The van der Waals surface area contributed by atoms with Crippen LogP contribution in [0.15, 0.2) is 30.5 Å². The second kappa shape index (κ2) is 5.28. The number of hydrogen-bond donors (Lipinski definition) is 1. The molecule has 0 amide bonds. The summed E-state index contributed by atoms with van der Waals surface area (Å²) in [6, 6.07) is 5.65. The largest absolute Gasteiger partial charge is 0.416 e. The SMILES string of the molecule is CC(C)n1nccc1-c1ccc(CO)c(C(F)(F)F)c1. The zero-order valence-corrected chi connectivity index (χ0v) is 11.1. The molecule has 2 aromatic rings. The lowest BCUT2D eigenvalue weighted by molar-refractivity contribution is -0.138. The zero-order chi connectivity index (χ0) is 14.9. The fraction of sp³-hybridized carbons (Fsp3) is 0.357. The molecule has 1 aromatic carbocycles. The van der Waals surface area contributed by atoms with Gasteiger partial charge in [0.15, 0.2) is 0 Å². The average Bonchev–Trinajstić information content (AvgIpc) is 2.86. The predicted octanol–water partition coefficient (Wildman–Crippen LogP) is 3.64. The van der Waals surface area contributed by atoms with Gasteiger partial charge in [0, 0.05) is 17.8 Å². The van der Waals surface area contributed by atoms with Gasteiger partial charge in [-0.25, -0.2) is 0 Å². The Morgan fingerprint density at radius 2 is 1.95 bits per heavy atom.